The van der Waals surface area contributed by atoms with Gasteiger partial charge in [0, 0.05) is 13.1 Å². The lowest BCUT2D eigenvalue weighted by Gasteiger charge is -2.25. The number of sulfonamides is 1. The second-order valence-electron chi connectivity index (χ2n) is 10.7. The van der Waals surface area contributed by atoms with Crippen LogP contribution in [0.1, 0.15) is 40.3 Å². The van der Waals surface area contributed by atoms with Crippen molar-refractivity contribution in [1.82, 2.24) is 4.31 Å². The molecule has 4 rings (SSSR count). The molecule has 0 saturated carbocycles. The summed E-state index contributed by atoms with van der Waals surface area (Å²) in [7, 11) is -7.57. The van der Waals surface area contributed by atoms with Crippen LogP contribution in [0.4, 0.5) is 0 Å². The number of nitrogens with zero attached hydrogens (tertiary/aromatic N) is 1. The SMILES string of the molecule is CC(=O)CS(=O)(=O)c1cccc(-c2ccc(CN(Cc3cccc(C)c3)S(=O)(=O)c3c(C)cc(C)cc3C)cc2)c1. The van der Waals surface area contributed by atoms with Crippen molar-refractivity contribution in [2.24, 2.45) is 0 Å². The van der Waals surface area contributed by atoms with Gasteiger partial charge in [-0.15, -0.1) is 0 Å². The molecule has 0 radical (unpaired) electrons. The minimum absolute atomic E-state index is 0.0912. The van der Waals surface area contributed by atoms with Gasteiger partial charge in [-0.1, -0.05) is 83.9 Å². The summed E-state index contributed by atoms with van der Waals surface area (Å²) < 4.78 is 54.9. The van der Waals surface area contributed by atoms with E-state index in [0.717, 1.165) is 27.8 Å². The van der Waals surface area contributed by atoms with Gasteiger partial charge in [0.1, 0.15) is 11.5 Å². The number of rotatable bonds is 10. The van der Waals surface area contributed by atoms with Crippen LogP contribution in [-0.2, 0) is 37.7 Å². The van der Waals surface area contributed by atoms with Crippen molar-refractivity contribution in [2.45, 2.75) is 57.5 Å². The van der Waals surface area contributed by atoms with Gasteiger partial charge in [0.2, 0.25) is 10.0 Å². The zero-order chi connectivity index (χ0) is 29.9. The summed E-state index contributed by atoms with van der Waals surface area (Å²) in [6.07, 6.45) is 0. The second kappa shape index (κ2) is 12.1. The number of hydrogen-bond donors (Lipinski definition) is 0. The maximum atomic E-state index is 14.1. The molecule has 0 aromatic heterocycles. The molecule has 0 bridgehead atoms. The Balaban J connectivity index is 1.68. The van der Waals surface area contributed by atoms with Crippen LogP contribution in [0.25, 0.3) is 11.1 Å². The molecule has 4 aromatic rings. The van der Waals surface area contributed by atoms with Crippen LogP contribution < -0.4 is 0 Å². The summed E-state index contributed by atoms with van der Waals surface area (Å²) in [6.45, 7) is 9.23. The second-order valence-corrected chi connectivity index (χ2v) is 14.5. The molecule has 0 unspecified atom stereocenters. The van der Waals surface area contributed by atoms with E-state index in [9.17, 15) is 21.6 Å². The highest BCUT2D eigenvalue weighted by molar-refractivity contribution is 7.92. The lowest BCUT2D eigenvalue weighted by atomic mass is 10.0. The highest BCUT2D eigenvalue weighted by Crippen LogP contribution is 2.29. The van der Waals surface area contributed by atoms with Gasteiger partial charge in [-0.05, 0) is 80.1 Å². The van der Waals surface area contributed by atoms with Crippen LogP contribution in [0.3, 0.4) is 0 Å². The van der Waals surface area contributed by atoms with E-state index < -0.39 is 31.4 Å². The molecular weight excluding hydrogens is 554 g/mol. The maximum Gasteiger partial charge on any atom is 0.244 e. The molecule has 0 heterocycles. The van der Waals surface area contributed by atoms with Crippen molar-refractivity contribution in [3.8, 4) is 11.1 Å². The standard InChI is InChI=1S/C33H35NO5S2/c1-23-8-6-9-29(18-23)21-34(41(38,39)33-25(3)16-24(2)17-26(33)4)20-28-12-14-30(15-13-28)31-10-7-11-32(19-31)40(36,37)22-27(5)35/h6-19H,20-22H2,1-5H3. The van der Waals surface area contributed by atoms with Gasteiger partial charge in [0.05, 0.1) is 9.79 Å². The van der Waals surface area contributed by atoms with Crippen LogP contribution in [0, 0.1) is 27.7 Å². The third-order valence-corrected chi connectivity index (χ3v) is 10.7. The summed E-state index contributed by atoms with van der Waals surface area (Å²) in [5.41, 5.74) is 6.67. The number of benzene rings is 4. The van der Waals surface area contributed by atoms with Crippen LogP contribution in [-0.4, -0.2) is 32.7 Å². The first-order valence-electron chi connectivity index (χ1n) is 13.3. The molecule has 0 fully saturated rings. The van der Waals surface area contributed by atoms with Gasteiger partial charge in [-0.2, -0.15) is 4.31 Å². The summed E-state index contributed by atoms with van der Waals surface area (Å²) in [4.78, 5) is 11.9. The van der Waals surface area contributed by atoms with E-state index in [1.54, 1.807) is 18.2 Å². The first-order valence-corrected chi connectivity index (χ1v) is 16.4. The van der Waals surface area contributed by atoms with E-state index in [-0.39, 0.29) is 18.0 Å². The molecule has 41 heavy (non-hydrogen) atoms. The largest absolute Gasteiger partial charge is 0.299 e. The lowest BCUT2D eigenvalue weighted by Crippen LogP contribution is -2.31. The van der Waals surface area contributed by atoms with Crippen molar-refractivity contribution in [3.05, 3.63) is 118 Å². The fourth-order valence-electron chi connectivity index (χ4n) is 5.17. The van der Waals surface area contributed by atoms with E-state index in [4.69, 9.17) is 0 Å². The van der Waals surface area contributed by atoms with E-state index in [1.807, 2.05) is 88.4 Å². The summed E-state index contributed by atoms with van der Waals surface area (Å²) in [5.74, 6) is -0.957. The van der Waals surface area contributed by atoms with Gasteiger partial charge in [-0.25, -0.2) is 16.8 Å². The van der Waals surface area contributed by atoms with Crippen LogP contribution in [0.5, 0.6) is 0 Å². The first kappa shape index (κ1) is 30.4. The molecule has 8 heteroatoms. The topological polar surface area (TPSA) is 88.6 Å². The van der Waals surface area contributed by atoms with Gasteiger partial charge in [-0.3, -0.25) is 4.79 Å². The molecule has 4 aromatic carbocycles. The molecule has 0 aliphatic heterocycles. The van der Waals surface area contributed by atoms with Crippen LogP contribution in [0.15, 0.2) is 94.7 Å². The normalized spacial score (nSPS) is 12.0. The van der Waals surface area contributed by atoms with E-state index >= 15 is 0 Å². The monoisotopic (exact) mass is 589 g/mol. The van der Waals surface area contributed by atoms with E-state index in [0.29, 0.717) is 21.6 Å². The molecule has 0 saturated heterocycles. The van der Waals surface area contributed by atoms with Crippen molar-refractivity contribution >= 4 is 25.6 Å². The molecular formula is C33H35NO5S2. The van der Waals surface area contributed by atoms with Crippen LogP contribution >= 0.6 is 0 Å². The fraction of sp³-hybridized carbons (Fsp3) is 0.242. The average Bonchev–Trinajstić information content (AvgIpc) is 2.87. The fourth-order valence-corrected chi connectivity index (χ4v) is 8.29. The van der Waals surface area contributed by atoms with Crippen molar-refractivity contribution in [2.75, 3.05) is 5.75 Å². The van der Waals surface area contributed by atoms with Gasteiger partial charge in [0.15, 0.2) is 9.84 Å². The van der Waals surface area contributed by atoms with Crippen molar-refractivity contribution < 1.29 is 21.6 Å². The minimum Gasteiger partial charge on any atom is -0.299 e. The Bertz CT molecular complexity index is 1790. The molecule has 0 spiro atoms. The van der Waals surface area contributed by atoms with Gasteiger partial charge >= 0.3 is 0 Å². The Hall–Kier alpha value is -3.59. The molecule has 0 N–H and O–H groups in total. The Morgan fingerprint density at radius 2 is 1.27 bits per heavy atom. The van der Waals surface area contributed by atoms with Crippen LogP contribution in [0.2, 0.25) is 0 Å². The number of hydrogen-bond acceptors (Lipinski definition) is 5. The zero-order valence-electron chi connectivity index (χ0n) is 24.0. The number of sulfone groups is 1. The smallest absolute Gasteiger partial charge is 0.244 e. The quantitative estimate of drug-likeness (QED) is 0.215. The summed E-state index contributed by atoms with van der Waals surface area (Å²) >= 11 is 0. The molecule has 0 aliphatic rings. The van der Waals surface area contributed by atoms with Crippen molar-refractivity contribution in [3.63, 3.8) is 0 Å². The number of aryl methyl sites for hydroxylation is 4. The minimum atomic E-state index is -3.84. The molecule has 214 valence electrons. The summed E-state index contributed by atoms with van der Waals surface area (Å²) in [5, 5.41) is 0. The number of carbonyl (C=O) groups is 1. The Morgan fingerprint density at radius 3 is 1.88 bits per heavy atom. The molecule has 0 aliphatic carbocycles. The highest BCUT2D eigenvalue weighted by atomic mass is 32.2. The van der Waals surface area contributed by atoms with Gasteiger partial charge in [0.25, 0.3) is 0 Å². The predicted octanol–water partition coefficient (Wildman–Crippen LogP) is 6.34. The van der Waals surface area contributed by atoms with E-state index in [2.05, 4.69) is 0 Å². The Morgan fingerprint density at radius 1 is 0.659 bits per heavy atom. The average molecular weight is 590 g/mol. The highest BCUT2D eigenvalue weighted by Gasteiger charge is 2.28. The Labute approximate surface area is 243 Å². The molecule has 0 atom stereocenters. The predicted molar refractivity (Wildman–Crippen MR) is 163 cm³/mol. The first-order chi connectivity index (χ1) is 19.3. The molecule has 0 amide bonds. The lowest BCUT2D eigenvalue weighted by molar-refractivity contribution is -0.114. The molecule has 6 nitrogen and oxygen atoms in total. The number of Topliss-reactive ketones (excluding diaryl/α,β-unsaturated/α-hetero) is 1. The number of ketones is 1. The summed E-state index contributed by atoms with van der Waals surface area (Å²) in [6, 6.07) is 25.6. The zero-order valence-corrected chi connectivity index (χ0v) is 25.6. The van der Waals surface area contributed by atoms with Crippen molar-refractivity contribution in [1.29, 1.82) is 0 Å². The Kier molecular flexibility index (Phi) is 8.97. The van der Waals surface area contributed by atoms with Gasteiger partial charge < -0.3 is 0 Å². The van der Waals surface area contributed by atoms with E-state index in [1.165, 1.54) is 17.3 Å². The maximum absolute atomic E-state index is 14.1. The third kappa shape index (κ3) is 7.19. The third-order valence-electron chi connectivity index (χ3n) is 6.88. The number of carbonyl (C=O) groups excluding carboxylic acids is 1.